The minimum Gasteiger partial charge on any atom is -0.476 e. The van der Waals surface area contributed by atoms with Crippen molar-refractivity contribution in [1.29, 1.82) is 0 Å². The van der Waals surface area contributed by atoms with Gasteiger partial charge in [-0.1, -0.05) is 47.5 Å². The predicted octanol–water partition coefficient (Wildman–Crippen LogP) is 4.09. The number of ether oxygens (including phenoxy) is 2. The van der Waals surface area contributed by atoms with Crippen LogP contribution in [0.3, 0.4) is 0 Å². The first-order valence-corrected chi connectivity index (χ1v) is 15.5. The number of likely N-dealkylation sites (N-methyl/N-ethyl adjacent to an activating group) is 1. The van der Waals surface area contributed by atoms with Crippen molar-refractivity contribution in [2.24, 2.45) is 11.8 Å². The van der Waals surface area contributed by atoms with Gasteiger partial charge in [0.2, 0.25) is 11.8 Å². The number of amides is 2. The molecule has 0 aliphatic carbocycles. The summed E-state index contributed by atoms with van der Waals surface area (Å²) in [5, 5.41) is 14.2. The van der Waals surface area contributed by atoms with Gasteiger partial charge in [0, 0.05) is 31.4 Å². The molecule has 1 aliphatic rings. The van der Waals surface area contributed by atoms with Crippen LogP contribution in [0.15, 0.2) is 5.38 Å². The number of nitrogens with zero attached hydrogens (tertiary/aromatic N) is 3. The van der Waals surface area contributed by atoms with E-state index in [0.29, 0.717) is 18.0 Å². The second kappa shape index (κ2) is 16.8. The molecule has 0 radical (unpaired) electrons. The molecule has 1 aliphatic heterocycles. The second-order valence-electron chi connectivity index (χ2n) is 11.2. The van der Waals surface area contributed by atoms with Crippen LogP contribution in [0.1, 0.15) is 102 Å². The highest BCUT2D eigenvalue weighted by atomic mass is 32.1. The van der Waals surface area contributed by atoms with Crippen molar-refractivity contribution in [2.45, 2.75) is 104 Å². The number of thiazole rings is 1. The number of hydrogen-bond acceptors (Lipinski definition) is 9. The molecule has 1 saturated heterocycles. The zero-order chi connectivity index (χ0) is 30.7. The van der Waals surface area contributed by atoms with Crippen molar-refractivity contribution < 1.29 is 33.8 Å². The minimum atomic E-state index is -1.17. The van der Waals surface area contributed by atoms with Gasteiger partial charge in [0.25, 0.3) is 0 Å². The lowest BCUT2D eigenvalue weighted by Gasteiger charge is -2.39. The lowest BCUT2D eigenvalue weighted by Crippen LogP contribution is -2.59. The van der Waals surface area contributed by atoms with Gasteiger partial charge in [0.15, 0.2) is 11.8 Å². The first kappa shape index (κ1) is 34.6. The summed E-state index contributed by atoms with van der Waals surface area (Å²) in [7, 11) is 1.94. The summed E-state index contributed by atoms with van der Waals surface area (Å²) in [6.07, 6.45) is 3.54. The van der Waals surface area contributed by atoms with Crippen LogP contribution in [0.5, 0.6) is 0 Å². The number of likely N-dealkylation sites (tertiary alicyclic amines) is 1. The van der Waals surface area contributed by atoms with Crippen LogP contribution < -0.4 is 5.32 Å². The Kier molecular flexibility index (Phi) is 14.2. The van der Waals surface area contributed by atoms with Crippen molar-refractivity contribution in [2.75, 3.05) is 26.9 Å². The summed E-state index contributed by atoms with van der Waals surface area (Å²) in [5.41, 5.74) is -0.130. The molecule has 2 amide bonds. The molecule has 1 aromatic rings. The van der Waals surface area contributed by atoms with Crippen LogP contribution in [0.2, 0.25) is 0 Å². The summed E-state index contributed by atoms with van der Waals surface area (Å²) in [4.78, 5) is 59.1. The van der Waals surface area contributed by atoms with Gasteiger partial charge in [-0.15, -0.1) is 11.3 Å². The lowest BCUT2D eigenvalue weighted by molar-refractivity contribution is -0.153. The van der Waals surface area contributed by atoms with E-state index in [-0.39, 0.29) is 48.5 Å². The molecule has 0 spiro atoms. The van der Waals surface area contributed by atoms with Crippen LogP contribution >= 0.6 is 11.3 Å². The van der Waals surface area contributed by atoms with E-state index in [9.17, 15) is 24.3 Å². The average molecular weight is 597 g/mol. The molecule has 1 aromatic heterocycles. The number of carbonyl (C=O) groups is 4. The maximum Gasteiger partial charge on any atom is 0.355 e. The van der Waals surface area contributed by atoms with Crippen molar-refractivity contribution in [1.82, 2.24) is 20.1 Å². The van der Waals surface area contributed by atoms with Gasteiger partial charge >= 0.3 is 11.9 Å². The number of esters is 1. The first-order valence-electron chi connectivity index (χ1n) is 14.7. The van der Waals surface area contributed by atoms with E-state index in [1.54, 1.807) is 4.90 Å². The minimum absolute atomic E-state index is 0.00664. The molecular formula is C29H48N4O7S. The molecule has 2 heterocycles. The number of aromatic carboxylic acids is 1. The summed E-state index contributed by atoms with van der Waals surface area (Å²) in [6, 6.07) is -1.50. The van der Waals surface area contributed by atoms with Crippen LogP contribution in [0.25, 0.3) is 0 Å². The molecule has 0 aromatic carbocycles. The van der Waals surface area contributed by atoms with Gasteiger partial charge < -0.3 is 24.8 Å². The van der Waals surface area contributed by atoms with Crippen molar-refractivity contribution >= 4 is 35.1 Å². The first-order chi connectivity index (χ1) is 19.4. The van der Waals surface area contributed by atoms with Gasteiger partial charge in [-0.3, -0.25) is 19.3 Å². The second-order valence-corrected chi connectivity index (χ2v) is 12.1. The van der Waals surface area contributed by atoms with Gasteiger partial charge in [-0.05, 0) is 44.7 Å². The molecule has 2 N–H and O–H groups in total. The topological polar surface area (TPSA) is 138 Å². The van der Waals surface area contributed by atoms with E-state index in [4.69, 9.17) is 9.47 Å². The number of carbonyl (C=O) groups excluding carboxylic acids is 3. The number of hydrogen-bond donors (Lipinski definition) is 2. The van der Waals surface area contributed by atoms with E-state index in [1.807, 2.05) is 46.6 Å². The van der Waals surface area contributed by atoms with Crippen molar-refractivity contribution in [3.63, 3.8) is 0 Å². The fourth-order valence-electron chi connectivity index (χ4n) is 5.06. The number of nitrogens with one attached hydrogen (secondary N) is 1. The highest BCUT2D eigenvalue weighted by molar-refractivity contribution is 7.09. The Bertz CT molecular complexity index is 1020. The molecule has 11 nitrogen and oxygen atoms in total. The number of rotatable bonds is 16. The Morgan fingerprint density at radius 2 is 1.93 bits per heavy atom. The molecule has 5 atom stereocenters. The van der Waals surface area contributed by atoms with Crippen LogP contribution in [0, 0.1) is 11.8 Å². The van der Waals surface area contributed by atoms with Gasteiger partial charge in [0.1, 0.15) is 17.8 Å². The number of carboxylic acids is 1. The van der Waals surface area contributed by atoms with Gasteiger partial charge in [0.05, 0.1) is 6.04 Å². The maximum atomic E-state index is 14.3. The molecule has 232 valence electrons. The smallest absolute Gasteiger partial charge is 0.355 e. The van der Waals surface area contributed by atoms with E-state index in [1.165, 1.54) is 12.3 Å². The zero-order valence-corrected chi connectivity index (χ0v) is 26.4. The predicted molar refractivity (Wildman–Crippen MR) is 156 cm³/mol. The molecule has 41 heavy (non-hydrogen) atoms. The Hall–Kier alpha value is -2.57. The molecule has 0 saturated carbocycles. The third kappa shape index (κ3) is 10.0. The summed E-state index contributed by atoms with van der Waals surface area (Å²) >= 11 is 1.10. The van der Waals surface area contributed by atoms with E-state index in [2.05, 4.69) is 10.3 Å². The van der Waals surface area contributed by atoms with Crippen LogP contribution in [-0.4, -0.2) is 88.7 Å². The Morgan fingerprint density at radius 3 is 2.46 bits per heavy atom. The molecular weight excluding hydrogens is 548 g/mol. The van der Waals surface area contributed by atoms with Crippen LogP contribution in [0.4, 0.5) is 0 Å². The summed E-state index contributed by atoms with van der Waals surface area (Å²) in [6.45, 7) is 12.4. The highest BCUT2D eigenvalue weighted by Crippen LogP contribution is 2.31. The normalized spacial score (nSPS) is 18.8. The lowest BCUT2D eigenvalue weighted by atomic mass is 9.92. The van der Waals surface area contributed by atoms with Crippen molar-refractivity contribution in [3.8, 4) is 0 Å². The average Bonchev–Trinajstić information content (AvgIpc) is 3.42. The van der Waals surface area contributed by atoms with Crippen LogP contribution in [-0.2, 0) is 23.9 Å². The highest BCUT2D eigenvalue weighted by Gasteiger charge is 2.38. The Balaban J connectivity index is 2.43. The quantitative estimate of drug-likeness (QED) is 0.164. The molecule has 1 fully saturated rings. The van der Waals surface area contributed by atoms with E-state index >= 15 is 0 Å². The fraction of sp³-hybridized carbons (Fsp3) is 0.759. The van der Waals surface area contributed by atoms with E-state index in [0.717, 1.165) is 43.6 Å². The van der Waals surface area contributed by atoms with E-state index < -0.39 is 30.1 Å². The SMILES string of the molecule is CCCOCN(C(=O)[C@@H](NC(=O)[C@H]1CCCCN1C)C(C)CC)C(C[C@@H](OC(C)=O)c1nc(C(=O)O)cs1)C(C)C. The molecule has 2 rings (SSSR count). The zero-order valence-electron chi connectivity index (χ0n) is 25.6. The molecule has 0 bridgehead atoms. The Labute approximate surface area is 248 Å². The van der Waals surface area contributed by atoms with Gasteiger partial charge in [-0.2, -0.15) is 0 Å². The maximum absolute atomic E-state index is 14.3. The summed E-state index contributed by atoms with van der Waals surface area (Å²) in [5.74, 6) is -2.33. The fourth-order valence-corrected chi connectivity index (χ4v) is 5.89. The van der Waals surface area contributed by atoms with Crippen molar-refractivity contribution in [3.05, 3.63) is 16.1 Å². The molecule has 2 unspecified atom stereocenters. The largest absolute Gasteiger partial charge is 0.476 e. The number of carboxylic acid groups (broad SMARTS) is 1. The third-order valence-corrected chi connectivity index (χ3v) is 8.60. The molecule has 12 heteroatoms. The number of aromatic nitrogens is 1. The van der Waals surface area contributed by atoms with Gasteiger partial charge in [-0.25, -0.2) is 9.78 Å². The monoisotopic (exact) mass is 596 g/mol. The number of piperidine rings is 1. The summed E-state index contributed by atoms with van der Waals surface area (Å²) < 4.78 is 11.5. The standard InChI is InChI=1S/C29H48N4O7S/c1-8-14-39-17-33(28(36)25(19(5)9-2)31-26(35)22-12-10-11-13-32(22)7)23(18(3)4)15-24(40-20(6)34)27-30-21(16-41-27)29(37)38/h16,18-19,22-25H,8-15,17H2,1-7H3,(H,31,35)(H,37,38)/t19?,22-,23?,24-,25+/m1/s1. The Morgan fingerprint density at radius 1 is 1.22 bits per heavy atom. The third-order valence-electron chi connectivity index (χ3n) is 7.66.